The van der Waals surface area contributed by atoms with Crippen LogP contribution < -0.4 is 0 Å². The van der Waals surface area contributed by atoms with Crippen molar-refractivity contribution < 1.29 is 28.6 Å². The molecule has 0 saturated carbocycles. The van der Waals surface area contributed by atoms with E-state index in [1.807, 2.05) is 0 Å². The topological polar surface area (TPSA) is 78.9 Å². The number of ether oxygens (including phenoxy) is 3. The molecule has 0 aromatic rings. The summed E-state index contributed by atoms with van der Waals surface area (Å²) in [4.78, 5) is 38.3. The molecule has 0 saturated heterocycles. The van der Waals surface area contributed by atoms with Gasteiger partial charge in [-0.15, -0.1) is 0 Å². The van der Waals surface area contributed by atoms with E-state index >= 15 is 0 Å². The minimum atomic E-state index is -0.786. The third kappa shape index (κ3) is 67.9. The predicted octanol–water partition coefficient (Wildman–Crippen LogP) is 25.1. The summed E-state index contributed by atoms with van der Waals surface area (Å²) in [5, 5.41) is 0. The lowest BCUT2D eigenvalue weighted by Crippen LogP contribution is -2.30. The minimum Gasteiger partial charge on any atom is -0.462 e. The SMILES string of the molecule is CC/C=C\C/C=C\C/C=C\CCCCCCCC(=O)OC(COC(=O)CCCCCCC/C=C\CCCCCCC)COC(=O)CCCCCCCCCCCCCCCCCCCCCCCCC/C=C\CCCCCCCCCC. The first kappa shape index (κ1) is 79.1. The predicted molar refractivity (Wildman–Crippen MR) is 358 cm³/mol. The highest BCUT2D eigenvalue weighted by molar-refractivity contribution is 5.71. The summed E-state index contributed by atoms with van der Waals surface area (Å²) < 4.78 is 16.9. The average molecular weight is 1150 g/mol. The normalized spacial score (nSPS) is 12.4. The Kier molecular flexibility index (Phi) is 68.1. The van der Waals surface area contributed by atoms with Crippen molar-refractivity contribution in [1.29, 1.82) is 0 Å². The number of unbranched alkanes of at least 4 members (excludes halogenated alkanes) is 46. The standard InChI is InChI=1S/C76H138O6/c1-4-7-10-13-16-19-22-25-28-29-30-31-32-33-34-35-36-37-38-39-40-41-42-43-44-45-46-47-49-51-54-57-60-63-66-69-75(78)81-72-73(71-80-74(77)68-65-62-59-56-53-50-27-24-21-18-15-12-9-6-3)82-76(79)70-67-64-61-58-55-52-48-26-23-20-17-14-11-8-5-2/h8,11,17,20,24,26-27,29-30,48,73H,4-7,9-10,12-16,18-19,21-23,25,28,31-47,49-72H2,1-3H3/b11-8-,20-17-,27-24-,30-29-,48-26-. The molecule has 0 aromatic heterocycles. The molecule has 0 aromatic carbocycles. The van der Waals surface area contributed by atoms with E-state index in [1.54, 1.807) is 0 Å². The minimum absolute atomic E-state index is 0.0805. The van der Waals surface area contributed by atoms with E-state index in [0.29, 0.717) is 19.3 Å². The summed E-state index contributed by atoms with van der Waals surface area (Å²) >= 11 is 0. The molecule has 0 amide bonds. The van der Waals surface area contributed by atoms with E-state index in [9.17, 15) is 14.4 Å². The Hall–Kier alpha value is -2.89. The molecular weight excluding hydrogens is 1010 g/mol. The number of hydrogen-bond acceptors (Lipinski definition) is 6. The summed E-state index contributed by atoms with van der Waals surface area (Å²) in [6.45, 7) is 6.55. The van der Waals surface area contributed by atoms with E-state index in [4.69, 9.17) is 14.2 Å². The molecule has 0 spiro atoms. The van der Waals surface area contributed by atoms with Crippen LogP contribution in [0.15, 0.2) is 60.8 Å². The quantitative estimate of drug-likeness (QED) is 0.0261. The monoisotopic (exact) mass is 1150 g/mol. The summed E-state index contributed by atoms with van der Waals surface area (Å²) in [7, 11) is 0. The number of allylic oxidation sites excluding steroid dienone is 10. The molecule has 1 unspecified atom stereocenters. The van der Waals surface area contributed by atoms with Crippen LogP contribution in [0.4, 0.5) is 0 Å². The fraction of sp³-hybridized carbons (Fsp3) is 0.829. The molecule has 0 radical (unpaired) electrons. The van der Waals surface area contributed by atoms with Crippen LogP contribution in [0, 0.1) is 0 Å². The van der Waals surface area contributed by atoms with Gasteiger partial charge in [0, 0.05) is 19.3 Å². The van der Waals surface area contributed by atoms with E-state index < -0.39 is 6.10 Å². The maximum absolute atomic E-state index is 12.9. The summed E-state index contributed by atoms with van der Waals surface area (Å²) in [6, 6.07) is 0. The van der Waals surface area contributed by atoms with Gasteiger partial charge in [0.2, 0.25) is 0 Å². The van der Waals surface area contributed by atoms with Crippen molar-refractivity contribution in [1.82, 2.24) is 0 Å². The van der Waals surface area contributed by atoms with E-state index in [-0.39, 0.29) is 31.1 Å². The van der Waals surface area contributed by atoms with Gasteiger partial charge in [-0.2, -0.15) is 0 Å². The van der Waals surface area contributed by atoms with Crippen molar-refractivity contribution in [3.63, 3.8) is 0 Å². The molecule has 0 rings (SSSR count). The van der Waals surface area contributed by atoms with Crippen LogP contribution in [0.2, 0.25) is 0 Å². The molecule has 0 N–H and O–H groups in total. The van der Waals surface area contributed by atoms with Crippen LogP contribution in [-0.4, -0.2) is 37.2 Å². The third-order valence-electron chi connectivity index (χ3n) is 16.2. The Bertz CT molecular complexity index is 1460. The van der Waals surface area contributed by atoms with Crippen molar-refractivity contribution >= 4 is 17.9 Å². The van der Waals surface area contributed by atoms with Crippen LogP contribution >= 0.6 is 0 Å². The van der Waals surface area contributed by atoms with Gasteiger partial charge in [-0.1, -0.05) is 326 Å². The van der Waals surface area contributed by atoms with Crippen LogP contribution in [0.1, 0.15) is 387 Å². The molecule has 82 heavy (non-hydrogen) atoms. The van der Waals surface area contributed by atoms with Gasteiger partial charge in [-0.05, 0) is 103 Å². The Morgan fingerprint density at radius 2 is 0.476 bits per heavy atom. The number of carbonyl (C=O) groups excluding carboxylic acids is 3. The molecule has 0 aliphatic heterocycles. The van der Waals surface area contributed by atoms with Crippen LogP contribution in [0.5, 0.6) is 0 Å². The number of carbonyl (C=O) groups is 3. The highest BCUT2D eigenvalue weighted by atomic mass is 16.6. The highest BCUT2D eigenvalue weighted by Gasteiger charge is 2.19. The largest absolute Gasteiger partial charge is 0.462 e. The van der Waals surface area contributed by atoms with E-state index in [2.05, 4.69) is 81.5 Å². The van der Waals surface area contributed by atoms with Crippen LogP contribution in [0.3, 0.4) is 0 Å². The van der Waals surface area contributed by atoms with Gasteiger partial charge in [0.1, 0.15) is 13.2 Å². The summed E-state index contributed by atoms with van der Waals surface area (Å²) in [6.07, 6.45) is 91.4. The molecule has 0 heterocycles. The van der Waals surface area contributed by atoms with Crippen molar-refractivity contribution in [2.45, 2.75) is 393 Å². The van der Waals surface area contributed by atoms with Gasteiger partial charge >= 0.3 is 17.9 Å². The third-order valence-corrected chi connectivity index (χ3v) is 16.2. The van der Waals surface area contributed by atoms with Gasteiger partial charge < -0.3 is 14.2 Å². The molecule has 0 aliphatic rings. The molecule has 0 bridgehead atoms. The maximum atomic E-state index is 12.9. The second-order valence-corrected chi connectivity index (χ2v) is 24.5. The second kappa shape index (κ2) is 70.6. The van der Waals surface area contributed by atoms with Gasteiger partial charge in [-0.3, -0.25) is 14.4 Å². The van der Waals surface area contributed by atoms with Crippen molar-refractivity contribution in [2.75, 3.05) is 13.2 Å². The van der Waals surface area contributed by atoms with Crippen molar-refractivity contribution in [2.24, 2.45) is 0 Å². The first-order valence-corrected chi connectivity index (χ1v) is 36.3. The van der Waals surface area contributed by atoms with Gasteiger partial charge in [-0.25, -0.2) is 0 Å². The maximum Gasteiger partial charge on any atom is 0.306 e. The molecular formula is C76H138O6. The van der Waals surface area contributed by atoms with Gasteiger partial charge in [0.05, 0.1) is 0 Å². The fourth-order valence-electron chi connectivity index (χ4n) is 10.8. The molecule has 6 nitrogen and oxygen atoms in total. The second-order valence-electron chi connectivity index (χ2n) is 24.5. The average Bonchev–Trinajstić information content (AvgIpc) is 3.47. The molecule has 0 fully saturated rings. The molecule has 1 atom stereocenters. The number of esters is 3. The van der Waals surface area contributed by atoms with Gasteiger partial charge in [0.25, 0.3) is 0 Å². The Morgan fingerprint density at radius 1 is 0.256 bits per heavy atom. The van der Waals surface area contributed by atoms with Crippen LogP contribution in [-0.2, 0) is 28.6 Å². The molecule has 6 heteroatoms. The zero-order valence-electron chi connectivity index (χ0n) is 55.0. The Balaban J connectivity index is 4.08. The first-order chi connectivity index (χ1) is 40.5. The molecule has 0 aliphatic carbocycles. The Labute approximate surface area is 510 Å². The summed E-state index contributed by atoms with van der Waals surface area (Å²) in [5.74, 6) is -0.886. The summed E-state index contributed by atoms with van der Waals surface area (Å²) in [5.41, 5.74) is 0. The van der Waals surface area contributed by atoms with E-state index in [1.165, 1.54) is 244 Å². The number of hydrogen-bond donors (Lipinski definition) is 0. The zero-order chi connectivity index (χ0) is 59.2. The zero-order valence-corrected chi connectivity index (χ0v) is 55.0. The Morgan fingerprint density at radius 3 is 0.756 bits per heavy atom. The smallest absolute Gasteiger partial charge is 0.306 e. The lowest BCUT2D eigenvalue weighted by molar-refractivity contribution is -0.167. The fourth-order valence-corrected chi connectivity index (χ4v) is 10.8. The van der Waals surface area contributed by atoms with Crippen molar-refractivity contribution in [3.05, 3.63) is 60.8 Å². The van der Waals surface area contributed by atoms with Gasteiger partial charge in [0.15, 0.2) is 6.10 Å². The van der Waals surface area contributed by atoms with E-state index in [0.717, 1.165) is 103 Å². The molecule has 478 valence electrons. The number of rotatable bonds is 67. The van der Waals surface area contributed by atoms with Crippen LogP contribution in [0.25, 0.3) is 0 Å². The first-order valence-electron chi connectivity index (χ1n) is 36.3. The lowest BCUT2D eigenvalue weighted by Gasteiger charge is -2.18. The highest BCUT2D eigenvalue weighted by Crippen LogP contribution is 2.18. The van der Waals surface area contributed by atoms with Crippen molar-refractivity contribution in [3.8, 4) is 0 Å². The lowest BCUT2D eigenvalue weighted by atomic mass is 10.0.